The molecular formula is C23H28ClNO2. The minimum atomic E-state index is -0.150. The van der Waals surface area contributed by atoms with E-state index < -0.39 is 0 Å². The summed E-state index contributed by atoms with van der Waals surface area (Å²) in [6.07, 6.45) is 8.08. The summed E-state index contributed by atoms with van der Waals surface area (Å²) in [4.78, 5) is 2.35. The second-order valence-corrected chi connectivity index (χ2v) is 7.51. The molecule has 0 saturated carbocycles. The van der Waals surface area contributed by atoms with Crippen LogP contribution in [0.5, 0.6) is 5.75 Å². The SMILES string of the molecule is OC1CCCN(CCCCOc2ccc(Cl)cc2/C=C/c2ccccc2)C1. The van der Waals surface area contributed by atoms with Crippen LogP contribution in [0.2, 0.25) is 5.02 Å². The van der Waals surface area contributed by atoms with Gasteiger partial charge >= 0.3 is 0 Å². The standard InChI is InChI=1S/C23H28ClNO2/c24-21-12-13-23(20(17-21)11-10-19-7-2-1-3-8-19)27-16-5-4-14-25-15-6-9-22(26)18-25/h1-3,7-8,10-13,17,22,26H,4-6,9,14-16,18H2/b11-10+. The van der Waals surface area contributed by atoms with Gasteiger partial charge in [-0.3, -0.25) is 0 Å². The van der Waals surface area contributed by atoms with Gasteiger partial charge in [-0.25, -0.2) is 0 Å². The zero-order chi connectivity index (χ0) is 18.9. The highest BCUT2D eigenvalue weighted by molar-refractivity contribution is 6.30. The molecule has 1 heterocycles. The van der Waals surface area contributed by atoms with Crippen LogP contribution in [0.15, 0.2) is 48.5 Å². The highest BCUT2D eigenvalue weighted by Crippen LogP contribution is 2.25. The van der Waals surface area contributed by atoms with E-state index in [-0.39, 0.29) is 6.10 Å². The van der Waals surface area contributed by atoms with E-state index in [1.807, 2.05) is 42.5 Å². The summed E-state index contributed by atoms with van der Waals surface area (Å²) >= 11 is 6.16. The summed E-state index contributed by atoms with van der Waals surface area (Å²) in [5.41, 5.74) is 2.14. The van der Waals surface area contributed by atoms with E-state index in [9.17, 15) is 5.11 Å². The zero-order valence-corrected chi connectivity index (χ0v) is 16.4. The molecule has 1 fully saturated rings. The van der Waals surface area contributed by atoms with E-state index in [0.29, 0.717) is 11.6 Å². The topological polar surface area (TPSA) is 32.7 Å². The van der Waals surface area contributed by atoms with E-state index in [1.165, 1.54) is 0 Å². The van der Waals surface area contributed by atoms with Crippen LogP contribution < -0.4 is 4.74 Å². The number of aliphatic hydroxyl groups excluding tert-OH is 1. The number of hydrogen-bond acceptors (Lipinski definition) is 3. The van der Waals surface area contributed by atoms with Crippen molar-refractivity contribution in [1.82, 2.24) is 4.90 Å². The first kappa shape index (κ1) is 19.9. The minimum Gasteiger partial charge on any atom is -0.493 e. The largest absolute Gasteiger partial charge is 0.493 e. The van der Waals surface area contributed by atoms with Crippen LogP contribution in [0.25, 0.3) is 12.2 Å². The van der Waals surface area contributed by atoms with E-state index in [4.69, 9.17) is 16.3 Å². The predicted molar refractivity (Wildman–Crippen MR) is 113 cm³/mol. The fourth-order valence-corrected chi connectivity index (χ4v) is 3.57. The van der Waals surface area contributed by atoms with Crippen LogP contribution >= 0.6 is 11.6 Å². The average molecular weight is 386 g/mol. The third kappa shape index (κ3) is 6.69. The van der Waals surface area contributed by atoms with Gasteiger partial charge in [-0.1, -0.05) is 54.1 Å². The molecule has 0 spiro atoms. The van der Waals surface area contributed by atoms with Crippen LogP contribution in [0.1, 0.15) is 36.8 Å². The Morgan fingerprint density at radius 3 is 2.78 bits per heavy atom. The van der Waals surface area contributed by atoms with Gasteiger partial charge in [0.1, 0.15) is 5.75 Å². The predicted octanol–water partition coefficient (Wildman–Crippen LogP) is 5.13. The summed E-state index contributed by atoms with van der Waals surface area (Å²) in [6.45, 7) is 3.63. The van der Waals surface area contributed by atoms with Crippen molar-refractivity contribution in [2.24, 2.45) is 0 Å². The van der Waals surface area contributed by atoms with Gasteiger partial charge in [0.05, 0.1) is 12.7 Å². The van der Waals surface area contributed by atoms with Crippen LogP contribution in [-0.2, 0) is 0 Å². The van der Waals surface area contributed by atoms with Crippen molar-refractivity contribution < 1.29 is 9.84 Å². The van der Waals surface area contributed by atoms with Gasteiger partial charge in [-0.15, -0.1) is 0 Å². The number of halogens is 1. The molecule has 1 unspecified atom stereocenters. The zero-order valence-electron chi connectivity index (χ0n) is 15.7. The van der Waals surface area contributed by atoms with Crippen LogP contribution in [0, 0.1) is 0 Å². The van der Waals surface area contributed by atoms with E-state index in [0.717, 1.165) is 62.2 Å². The Hall–Kier alpha value is -1.81. The number of β-amino-alcohol motifs (C(OH)–C–C–N with tert-alkyl or cyclic N) is 1. The van der Waals surface area contributed by atoms with Gasteiger partial charge in [-0.2, -0.15) is 0 Å². The Kier molecular flexibility index (Phi) is 7.76. The van der Waals surface area contributed by atoms with Gasteiger partial charge in [0.15, 0.2) is 0 Å². The molecule has 1 saturated heterocycles. The molecule has 0 bridgehead atoms. The summed E-state index contributed by atoms with van der Waals surface area (Å²) in [7, 11) is 0. The maximum atomic E-state index is 9.73. The number of aliphatic hydroxyl groups is 1. The lowest BCUT2D eigenvalue weighted by Crippen LogP contribution is -2.38. The fourth-order valence-electron chi connectivity index (χ4n) is 3.38. The van der Waals surface area contributed by atoms with E-state index in [1.54, 1.807) is 0 Å². The second-order valence-electron chi connectivity index (χ2n) is 7.08. The lowest BCUT2D eigenvalue weighted by molar-refractivity contribution is 0.0693. The average Bonchev–Trinajstić information content (AvgIpc) is 2.68. The summed E-state index contributed by atoms with van der Waals surface area (Å²) in [6, 6.07) is 15.9. The number of ether oxygens (including phenoxy) is 1. The Balaban J connectivity index is 1.49. The van der Waals surface area contributed by atoms with Crippen molar-refractivity contribution in [3.05, 3.63) is 64.7 Å². The lowest BCUT2D eigenvalue weighted by atomic mass is 10.1. The van der Waals surface area contributed by atoms with Crippen molar-refractivity contribution >= 4 is 23.8 Å². The lowest BCUT2D eigenvalue weighted by Gasteiger charge is -2.29. The molecule has 1 atom stereocenters. The molecule has 144 valence electrons. The normalized spacial score (nSPS) is 18.1. The number of hydrogen-bond donors (Lipinski definition) is 1. The van der Waals surface area contributed by atoms with Gasteiger partial charge in [0, 0.05) is 17.1 Å². The third-order valence-electron chi connectivity index (χ3n) is 4.83. The Bertz CT molecular complexity index is 732. The van der Waals surface area contributed by atoms with E-state index in [2.05, 4.69) is 23.1 Å². The highest BCUT2D eigenvalue weighted by Gasteiger charge is 2.16. The molecule has 0 aliphatic carbocycles. The molecule has 1 aliphatic heterocycles. The van der Waals surface area contributed by atoms with Gasteiger partial charge < -0.3 is 14.7 Å². The summed E-state index contributed by atoms with van der Waals surface area (Å²) in [5, 5.41) is 10.4. The maximum absolute atomic E-state index is 9.73. The molecule has 3 nitrogen and oxygen atoms in total. The molecule has 2 aromatic rings. The van der Waals surface area contributed by atoms with Crippen molar-refractivity contribution in [3.63, 3.8) is 0 Å². The van der Waals surface area contributed by atoms with Crippen LogP contribution in [-0.4, -0.2) is 42.4 Å². The molecule has 4 heteroatoms. The van der Waals surface area contributed by atoms with Gasteiger partial charge in [0.2, 0.25) is 0 Å². The van der Waals surface area contributed by atoms with Crippen molar-refractivity contribution in [2.75, 3.05) is 26.2 Å². The highest BCUT2D eigenvalue weighted by atomic mass is 35.5. The molecule has 1 aliphatic rings. The maximum Gasteiger partial charge on any atom is 0.126 e. The molecule has 0 amide bonds. The number of unbranched alkanes of at least 4 members (excludes halogenated alkanes) is 1. The number of likely N-dealkylation sites (tertiary alicyclic amines) is 1. The van der Waals surface area contributed by atoms with Crippen molar-refractivity contribution in [1.29, 1.82) is 0 Å². The monoisotopic (exact) mass is 385 g/mol. The fraction of sp³-hybridized carbons (Fsp3) is 0.391. The Labute approximate surface area is 167 Å². The number of piperidine rings is 1. The summed E-state index contributed by atoms with van der Waals surface area (Å²) < 4.78 is 6.01. The van der Waals surface area contributed by atoms with Gasteiger partial charge in [0.25, 0.3) is 0 Å². The number of rotatable bonds is 8. The van der Waals surface area contributed by atoms with E-state index >= 15 is 0 Å². The third-order valence-corrected chi connectivity index (χ3v) is 5.07. The smallest absolute Gasteiger partial charge is 0.126 e. The molecule has 3 rings (SSSR count). The number of nitrogens with zero attached hydrogens (tertiary/aromatic N) is 1. The van der Waals surface area contributed by atoms with Crippen molar-refractivity contribution in [2.45, 2.75) is 31.8 Å². The minimum absolute atomic E-state index is 0.150. The molecule has 27 heavy (non-hydrogen) atoms. The van der Waals surface area contributed by atoms with Crippen LogP contribution in [0.4, 0.5) is 0 Å². The van der Waals surface area contributed by atoms with Gasteiger partial charge in [-0.05, 0) is 62.5 Å². The second kappa shape index (κ2) is 10.5. The first-order valence-corrected chi connectivity index (χ1v) is 10.1. The van der Waals surface area contributed by atoms with Crippen LogP contribution in [0.3, 0.4) is 0 Å². The molecule has 0 aromatic heterocycles. The Morgan fingerprint density at radius 1 is 1.11 bits per heavy atom. The molecular weight excluding hydrogens is 358 g/mol. The first-order valence-electron chi connectivity index (χ1n) is 9.76. The first-order chi connectivity index (χ1) is 13.2. The number of benzene rings is 2. The molecule has 0 radical (unpaired) electrons. The quantitative estimate of drug-likeness (QED) is 0.505. The van der Waals surface area contributed by atoms with Crippen molar-refractivity contribution in [3.8, 4) is 5.75 Å². The summed E-state index contributed by atoms with van der Waals surface area (Å²) in [5.74, 6) is 0.861. The molecule has 2 aromatic carbocycles. The Morgan fingerprint density at radius 2 is 1.96 bits per heavy atom. The molecule has 1 N–H and O–H groups in total.